The van der Waals surface area contributed by atoms with E-state index in [0.717, 1.165) is 30.2 Å². The number of para-hydroxylation sites is 1. The minimum Gasteiger partial charge on any atom is -0.487 e. The number of anilines is 1. The van der Waals surface area contributed by atoms with Crippen molar-refractivity contribution >= 4 is 23.3 Å². The van der Waals surface area contributed by atoms with Gasteiger partial charge in [-0.3, -0.25) is 9.69 Å². The van der Waals surface area contributed by atoms with Gasteiger partial charge in [0.1, 0.15) is 23.9 Å². The molecule has 3 aromatic rings. The second-order valence-electron chi connectivity index (χ2n) is 6.14. The van der Waals surface area contributed by atoms with Crippen LogP contribution in [0.1, 0.15) is 22.5 Å². The fourth-order valence-corrected chi connectivity index (χ4v) is 3.16. The molecule has 2 heterocycles. The molecule has 26 heavy (non-hydrogen) atoms. The van der Waals surface area contributed by atoms with Gasteiger partial charge in [0, 0.05) is 29.7 Å². The first-order valence-electron chi connectivity index (χ1n) is 8.53. The molecule has 1 aliphatic heterocycles. The first-order valence-corrected chi connectivity index (χ1v) is 8.90. The predicted molar refractivity (Wildman–Crippen MR) is 101 cm³/mol. The maximum absolute atomic E-state index is 12.9. The summed E-state index contributed by atoms with van der Waals surface area (Å²) in [6.07, 6.45) is 0.868. The van der Waals surface area contributed by atoms with Gasteiger partial charge >= 0.3 is 0 Å². The lowest BCUT2D eigenvalue weighted by Gasteiger charge is -2.27. The monoisotopic (exact) mass is 367 g/mol. The van der Waals surface area contributed by atoms with Crippen molar-refractivity contribution in [3.8, 4) is 5.75 Å². The molecule has 1 aliphatic rings. The zero-order valence-corrected chi connectivity index (χ0v) is 14.9. The van der Waals surface area contributed by atoms with Gasteiger partial charge < -0.3 is 4.74 Å². The third kappa shape index (κ3) is 3.44. The quantitative estimate of drug-likeness (QED) is 0.695. The van der Waals surface area contributed by atoms with E-state index in [4.69, 9.17) is 16.3 Å². The van der Waals surface area contributed by atoms with Crippen LogP contribution in [-0.4, -0.2) is 22.2 Å². The van der Waals surface area contributed by atoms with Gasteiger partial charge in [-0.2, -0.15) is 5.10 Å². The highest BCUT2D eigenvalue weighted by Gasteiger charge is 2.25. The average Bonchev–Trinajstić information content (AvgIpc) is 3.10. The summed E-state index contributed by atoms with van der Waals surface area (Å²) in [6.45, 7) is 1.84. The Bertz CT molecular complexity index is 907. The Morgan fingerprint density at radius 1 is 1.08 bits per heavy atom. The summed E-state index contributed by atoms with van der Waals surface area (Å²) in [5.74, 6) is 1.56. The average molecular weight is 368 g/mol. The second kappa shape index (κ2) is 7.22. The van der Waals surface area contributed by atoms with E-state index in [-0.39, 0.29) is 5.91 Å². The maximum Gasteiger partial charge on any atom is 0.259 e. The van der Waals surface area contributed by atoms with E-state index >= 15 is 0 Å². The first-order chi connectivity index (χ1) is 12.7. The van der Waals surface area contributed by atoms with Crippen molar-refractivity contribution in [1.82, 2.24) is 9.78 Å². The zero-order chi connectivity index (χ0) is 17.9. The molecule has 5 nitrogen and oxygen atoms in total. The van der Waals surface area contributed by atoms with Crippen LogP contribution in [0.4, 0.5) is 5.82 Å². The lowest BCUT2D eigenvalue weighted by atomic mass is 10.2. The van der Waals surface area contributed by atoms with Gasteiger partial charge in [-0.05, 0) is 42.8 Å². The molecule has 0 atom stereocenters. The Kier molecular flexibility index (Phi) is 4.63. The van der Waals surface area contributed by atoms with Gasteiger partial charge in [-0.25, -0.2) is 4.68 Å². The summed E-state index contributed by atoms with van der Waals surface area (Å²) in [5, 5.41) is 5.20. The van der Waals surface area contributed by atoms with Gasteiger partial charge in [0.2, 0.25) is 0 Å². The number of halogens is 1. The van der Waals surface area contributed by atoms with Crippen LogP contribution in [0.25, 0.3) is 0 Å². The van der Waals surface area contributed by atoms with E-state index in [1.165, 1.54) is 0 Å². The number of benzene rings is 2. The highest BCUT2D eigenvalue weighted by molar-refractivity contribution is 6.30. The number of aryl methyl sites for hydroxylation is 1. The van der Waals surface area contributed by atoms with Crippen molar-refractivity contribution in [3.05, 3.63) is 76.9 Å². The Hall–Kier alpha value is -2.79. The van der Waals surface area contributed by atoms with Crippen molar-refractivity contribution < 1.29 is 9.53 Å². The van der Waals surface area contributed by atoms with Crippen LogP contribution in [0.2, 0.25) is 5.02 Å². The normalized spacial score (nSPS) is 13.3. The number of fused-ring (bicyclic) bond motifs is 1. The molecule has 0 unspecified atom stereocenters. The summed E-state index contributed by atoms with van der Waals surface area (Å²) >= 11 is 5.92. The zero-order valence-electron chi connectivity index (χ0n) is 14.1. The summed E-state index contributed by atoms with van der Waals surface area (Å²) in [5.41, 5.74) is 1.42. The van der Waals surface area contributed by atoms with Crippen molar-refractivity contribution in [2.45, 2.75) is 19.6 Å². The van der Waals surface area contributed by atoms with Gasteiger partial charge in [0.25, 0.3) is 5.91 Å². The fraction of sp³-hybridized carbons (Fsp3) is 0.200. The number of aromatic nitrogens is 2. The Labute approximate surface area is 156 Å². The maximum atomic E-state index is 12.9. The van der Waals surface area contributed by atoms with Crippen LogP contribution in [0, 0.1) is 0 Å². The summed E-state index contributed by atoms with van der Waals surface area (Å²) in [4.78, 5) is 14.6. The van der Waals surface area contributed by atoms with E-state index in [9.17, 15) is 4.79 Å². The molecule has 132 valence electrons. The lowest BCUT2D eigenvalue weighted by Crippen LogP contribution is -2.37. The number of nitrogens with zero attached hydrogens (tertiary/aromatic N) is 3. The third-order valence-electron chi connectivity index (χ3n) is 4.30. The number of rotatable bonds is 4. The summed E-state index contributed by atoms with van der Waals surface area (Å²) in [6, 6.07) is 18.5. The number of hydrogen-bond donors (Lipinski definition) is 0. The predicted octanol–water partition coefficient (Wildman–Crippen LogP) is 4.17. The molecule has 6 heteroatoms. The molecular formula is C20H18ClN3O2. The van der Waals surface area contributed by atoms with E-state index in [0.29, 0.717) is 23.7 Å². The topological polar surface area (TPSA) is 47.4 Å². The number of carbonyl (C=O) groups is 1. The molecule has 0 aliphatic carbocycles. The molecule has 0 bridgehead atoms. The molecule has 0 saturated carbocycles. The molecule has 0 fully saturated rings. The Morgan fingerprint density at radius 3 is 2.62 bits per heavy atom. The molecule has 0 N–H and O–H groups in total. The Morgan fingerprint density at radius 2 is 1.85 bits per heavy atom. The molecule has 2 aromatic carbocycles. The van der Waals surface area contributed by atoms with Crippen molar-refractivity contribution in [3.63, 3.8) is 0 Å². The van der Waals surface area contributed by atoms with Crippen LogP contribution in [0.3, 0.4) is 0 Å². The molecule has 0 spiro atoms. The fourth-order valence-electron chi connectivity index (χ4n) is 3.03. The Balaban J connectivity index is 1.53. The molecule has 1 aromatic heterocycles. The SMILES string of the molecule is O=C(c1ccc(Cl)cc1)N1CCCn2nc(COc3ccccc3)cc21. The van der Waals surface area contributed by atoms with Crippen LogP contribution in [0.5, 0.6) is 5.75 Å². The number of hydrogen-bond acceptors (Lipinski definition) is 3. The largest absolute Gasteiger partial charge is 0.487 e. The van der Waals surface area contributed by atoms with Gasteiger partial charge in [-0.1, -0.05) is 29.8 Å². The van der Waals surface area contributed by atoms with Crippen LogP contribution in [-0.2, 0) is 13.2 Å². The van der Waals surface area contributed by atoms with Gasteiger partial charge in [0.15, 0.2) is 0 Å². The van der Waals surface area contributed by atoms with Crippen molar-refractivity contribution in [2.75, 3.05) is 11.4 Å². The number of amides is 1. The van der Waals surface area contributed by atoms with Gasteiger partial charge in [0.05, 0.1) is 0 Å². The molecule has 4 rings (SSSR count). The third-order valence-corrected chi connectivity index (χ3v) is 4.56. The minimum atomic E-state index is -0.0435. The molecule has 0 saturated heterocycles. The van der Waals surface area contributed by atoms with Crippen LogP contribution < -0.4 is 9.64 Å². The van der Waals surface area contributed by atoms with E-state index in [1.54, 1.807) is 29.2 Å². The minimum absolute atomic E-state index is 0.0435. The van der Waals surface area contributed by atoms with Crippen LogP contribution in [0.15, 0.2) is 60.7 Å². The lowest BCUT2D eigenvalue weighted by molar-refractivity contribution is 0.0981. The van der Waals surface area contributed by atoms with Crippen molar-refractivity contribution in [1.29, 1.82) is 0 Å². The van der Waals surface area contributed by atoms with Crippen LogP contribution >= 0.6 is 11.6 Å². The smallest absolute Gasteiger partial charge is 0.259 e. The highest BCUT2D eigenvalue weighted by Crippen LogP contribution is 2.25. The van der Waals surface area contributed by atoms with E-state index in [1.807, 2.05) is 41.1 Å². The van der Waals surface area contributed by atoms with E-state index < -0.39 is 0 Å². The highest BCUT2D eigenvalue weighted by atomic mass is 35.5. The van der Waals surface area contributed by atoms with Crippen molar-refractivity contribution in [2.24, 2.45) is 0 Å². The molecule has 1 amide bonds. The standard InChI is InChI=1S/C20H18ClN3O2/c21-16-9-7-15(8-10-16)20(25)23-11-4-12-24-19(23)13-17(22-24)14-26-18-5-2-1-3-6-18/h1-3,5-10,13H,4,11-12,14H2. The second-order valence-corrected chi connectivity index (χ2v) is 6.57. The summed E-state index contributed by atoms with van der Waals surface area (Å²) < 4.78 is 7.65. The number of ether oxygens (including phenoxy) is 1. The summed E-state index contributed by atoms with van der Waals surface area (Å²) in [7, 11) is 0. The molecular weight excluding hydrogens is 350 g/mol. The van der Waals surface area contributed by atoms with Gasteiger partial charge in [-0.15, -0.1) is 0 Å². The number of carbonyl (C=O) groups excluding carboxylic acids is 1. The molecule has 0 radical (unpaired) electrons. The first kappa shape index (κ1) is 16.7. The van der Waals surface area contributed by atoms with E-state index in [2.05, 4.69) is 5.10 Å².